The summed E-state index contributed by atoms with van der Waals surface area (Å²) < 4.78 is 4.86. The van der Waals surface area contributed by atoms with E-state index < -0.39 is 12.6 Å². The monoisotopic (exact) mass is 467 g/mol. The summed E-state index contributed by atoms with van der Waals surface area (Å²) in [6.45, 7) is 2.68. The van der Waals surface area contributed by atoms with Gasteiger partial charge in [0.1, 0.15) is 5.75 Å². The zero-order valence-corrected chi connectivity index (χ0v) is 19.8. The Labute approximate surface area is 191 Å². The highest BCUT2D eigenvalue weighted by atomic mass is 35.5. The Morgan fingerprint density at radius 3 is 1.72 bits per heavy atom. The Morgan fingerprint density at radius 2 is 1.28 bits per heavy atom. The number of benzene rings is 1. The summed E-state index contributed by atoms with van der Waals surface area (Å²) in [5.41, 5.74) is 5.45. The van der Waals surface area contributed by atoms with Gasteiger partial charge in [-0.25, -0.2) is 4.79 Å². The van der Waals surface area contributed by atoms with Gasteiger partial charge in [0.2, 0.25) is 0 Å². The Hall–Kier alpha value is -0.680. The van der Waals surface area contributed by atoms with Crippen LogP contribution in [0.2, 0.25) is 15.1 Å². The number of halogens is 3. The third kappa shape index (κ3) is 16.8. The molecule has 4 nitrogen and oxygen atoms in total. The van der Waals surface area contributed by atoms with Crippen molar-refractivity contribution in [3.63, 3.8) is 0 Å². The minimum absolute atomic E-state index is 0.198. The summed E-state index contributed by atoms with van der Waals surface area (Å²) in [5, 5.41) is 9.14. The van der Waals surface area contributed by atoms with Crippen molar-refractivity contribution in [1.29, 1.82) is 0 Å². The fraction of sp³-hybridized carbons (Fsp3) is 0.682. The van der Waals surface area contributed by atoms with Crippen molar-refractivity contribution in [2.24, 2.45) is 5.73 Å². The van der Waals surface area contributed by atoms with E-state index in [-0.39, 0.29) is 15.8 Å². The summed E-state index contributed by atoms with van der Waals surface area (Å²) in [4.78, 5) is 10.2. The number of ether oxygens (including phenoxy) is 1. The number of carbonyl (C=O) groups is 1. The molecule has 0 spiro atoms. The highest BCUT2D eigenvalue weighted by Crippen LogP contribution is 2.33. The molecule has 0 bridgehead atoms. The second-order valence-corrected chi connectivity index (χ2v) is 8.28. The number of hydrogen-bond acceptors (Lipinski definition) is 3. The normalized spacial score (nSPS) is 10.4. The minimum Gasteiger partial charge on any atom is -0.480 e. The van der Waals surface area contributed by atoms with E-state index in [1.807, 2.05) is 0 Å². The number of rotatable bonds is 15. The van der Waals surface area contributed by atoms with Gasteiger partial charge in [-0.1, -0.05) is 112 Å². The van der Waals surface area contributed by atoms with Crippen molar-refractivity contribution in [3.8, 4) is 5.75 Å². The van der Waals surface area contributed by atoms with Gasteiger partial charge in [-0.2, -0.15) is 0 Å². The van der Waals surface area contributed by atoms with Crippen molar-refractivity contribution in [2.75, 3.05) is 13.2 Å². The Morgan fingerprint density at radius 1 is 0.828 bits per heavy atom. The fourth-order valence-corrected chi connectivity index (χ4v) is 3.33. The molecule has 1 aromatic carbocycles. The average Bonchev–Trinajstić information content (AvgIpc) is 2.68. The lowest BCUT2D eigenvalue weighted by Crippen LogP contribution is -2.09. The maximum Gasteiger partial charge on any atom is 0.341 e. The van der Waals surface area contributed by atoms with Crippen LogP contribution in [0.4, 0.5) is 0 Å². The van der Waals surface area contributed by atoms with Crippen LogP contribution in [0.5, 0.6) is 5.75 Å². The molecule has 0 aromatic heterocycles. The first-order chi connectivity index (χ1) is 13.9. The van der Waals surface area contributed by atoms with Crippen LogP contribution in [0, 0.1) is 0 Å². The first-order valence-electron chi connectivity index (χ1n) is 10.6. The minimum atomic E-state index is -1.09. The molecule has 0 aliphatic rings. The lowest BCUT2D eigenvalue weighted by atomic mass is 10.1. The molecule has 7 heteroatoms. The molecule has 0 fully saturated rings. The molecule has 29 heavy (non-hydrogen) atoms. The molecule has 1 rings (SSSR count). The highest BCUT2D eigenvalue weighted by Gasteiger charge is 2.08. The van der Waals surface area contributed by atoms with Crippen LogP contribution in [-0.2, 0) is 4.79 Å². The predicted molar refractivity (Wildman–Crippen MR) is 125 cm³/mol. The van der Waals surface area contributed by atoms with Gasteiger partial charge in [0, 0.05) is 6.07 Å². The molecule has 0 saturated carbocycles. The van der Waals surface area contributed by atoms with Gasteiger partial charge in [-0.15, -0.1) is 0 Å². The summed E-state index contributed by atoms with van der Waals surface area (Å²) in [6, 6.07) is 2.76. The van der Waals surface area contributed by atoms with Gasteiger partial charge in [0.15, 0.2) is 6.61 Å². The van der Waals surface area contributed by atoms with Gasteiger partial charge in [0.05, 0.1) is 15.1 Å². The lowest BCUT2D eigenvalue weighted by molar-refractivity contribution is -0.139. The van der Waals surface area contributed by atoms with Crippen molar-refractivity contribution >= 4 is 40.8 Å². The zero-order chi connectivity index (χ0) is 21.9. The largest absolute Gasteiger partial charge is 0.480 e. The highest BCUT2D eigenvalue weighted by molar-refractivity contribution is 6.43. The molecule has 0 aliphatic carbocycles. The summed E-state index contributed by atoms with van der Waals surface area (Å²) in [6.07, 6.45) is 16.9. The van der Waals surface area contributed by atoms with E-state index in [0.29, 0.717) is 5.02 Å². The molecule has 0 aliphatic heterocycles. The molecule has 168 valence electrons. The molecule has 0 atom stereocenters. The van der Waals surface area contributed by atoms with Crippen LogP contribution >= 0.6 is 34.8 Å². The Kier molecular flexibility index (Phi) is 18.8. The molecule has 0 radical (unpaired) electrons. The molecule has 0 heterocycles. The van der Waals surface area contributed by atoms with Crippen LogP contribution in [0.3, 0.4) is 0 Å². The lowest BCUT2D eigenvalue weighted by Gasteiger charge is -2.06. The SMILES string of the molecule is CCCCCCCCCCCCCCN.O=C(O)COc1cc(Cl)c(Cl)cc1Cl. The third-order valence-electron chi connectivity index (χ3n) is 4.38. The third-order valence-corrected chi connectivity index (χ3v) is 5.40. The van der Waals surface area contributed by atoms with Crippen molar-refractivity contribution in [1.82, 2.24) is 0 Å². The molecule has 0 unspecified atom stereocenters. The smallest absolute Gasteiger partial charge is 0.341 e. The maximum atomic E-state index is 10.2. The van der Waals surface area contributed by atoms with E-state index in [1.54, 1.807) is 0 Å². The molecular weight excluding hydrogens is 433 g/mol. The van der Waals surface area contributed by atoms with E-state index in [1.165, 1.54) is 89.2 Å². The second-order valence-electron chi connectivity index (χ2n) is 7.06. The van der Waals surface area contributed by atoms with Crippen molar-refractivity contribution in [2.45, 2.75) is 84.0 Å². The van der Waals surface area contributed by atoms with Crippen LogP contribution < -0.4 is 10.5 Å². The van der Waals surface area contributed by atoms with Crippen LogP contribution in [0.1, 0.15) is 84.0 Å². The molecule has 0 amide bonds. The van der Waals surface area contributed by atoms with Crippen LogP contribution in [0.25, 0.3) is 0 Å². The van der Waals surface area contributed by atoms with E-state index in [2.05, 4.69) is 6.92 Å². The number of nitrogens with two attached hydrogens (primary N) is 1. The molecule has 0 saturated heterocycles. The topological polar surface area (TPSA) is 72.6 Å². The average molecular weight is 469 g/mol. The molecule has 1 aromatic rings. The van der Waals surface area contributed by atoms with Gasteiger partial charge >= 0.3 is 5.97 Å². The standard InChI is InChI=1S/C14H31N.C8H5Cl3O3/c1-2-3-4-5-6-7-8-9-10-11-12-13-14-15;9-4-1-6(11)7(2-5(4)10)14-3-8(12)13/h2-15H2,1H3;1-2H,3H2,(H,12,13). The number of carboxylic acids is 1. The Balaban J connectivity index is 0.000000541. The number of aliphatic carboxylic acids is 1. The van der Waals surface area contributed by atoms with Gasteiger partial charge in [-0.05, 0) is 19.0 Å². The Bertz CT molecular complexity index is 544. The van der Waals surface area contributed by atoms with E-state index in [4.69, 9.17) is 50.4 Å². The second kappa shape index (κ2) is 19.3. The van der Waals surface area contributed by atoms with Crippen LogP contribution in [0.15, 0.2) is 12.1 Å². The molecular formula is C22H36Cl3NO3. The number of carboxylic acid groups (broad SMARTS) is 1. The first kappa shape index (κ1) is 28.3. The predicted octanol–water partition coefficient (Wildman–Crippen LogP) is 7.76. The van der Waals surface area contributed by atoms with Crippen molar-refractivity contribution in [3.05, 3.63) is 27.2 Å². The number of unbranched alkanes of at least 4 members (excludes halogenated alkanes) is 11. The van der Waals surface area contributed by atoms with Gasteiger partial charge in [-0.3, -0.25) is 0 Å². The quantitative estimate of drug-likeness (QED) is 0.204. The summed E-state index contributed by atoms with van der Waals surface area (Å²) >= 11 is 17.1. The molecule has 3 N–H and O–H groups in total. The first-order valence-corrected chi connectivity index (χ1v) is 11.7. The van der Waals surface area contributed by atoms with E-state index >= 15 is 0 Å². The van der Waals surface area contributed by atoms with Crippen molar-refractivity contribution < 1.29 is 14.6 Å². The summed E-state index contributed by atoms with van der Waals surface area (Å²) in [5.74, 6) is -0.893. The fourth-order valence-electron chi connectivity index (χ4n) is 2.74. The van der Waals surface area contributed by atoms with E-state index in [0.717, 1.165) is 6.54 Å². The van der Waals surface area contributed by atoms with E-state index in [9.17, 15) is 4.79 Å². The number of hydrogen-bond donors (Lipinski definition) is 2. The van der Waals surface area contributed by atoms with Crippen LogP contribution in [-0.4, -0.2) is 24.2 Å². The van der Waals surface area contributed by atoms with Gasteiger partial charge in [0.25, 0.3) is 0 Å². The maximum absolute atomic E-state index is 10.2. The van der Waals surface area contributed by atoms with Gasteiger partial charge < -0.3 is 15.6 Å². The zero-order valence-electron chi connectivity index (χ0n) is 17.5. The summed E-state index contributed by atoms with van der Waals surface area (Å²) in [7, 11) is 0.